The Hall–Kier alpha value is -1.62. The molecule has 2 N–H and O–H groups in total. The quantitative estimate of drug-likeness (QED) is 0.683. The van der Waals surface area contributed by atoms with E-state index in [-0.39, 0.29) is 24.9 Å². The molecule has 1 rings (SSSR count). The van der Waals surface area contributed by atoms with Crippen LogP contribution in [0.4, 0.5) is 4.39 Å². The van der Waals surface area contributed by atoms with Crippen molar-refractivity contribution < 1.29 is 19.0 Å². The van der Waals surface area contributed by atoms with Gasteiger partial charge in [-0.3, -0.25) is 4.79 Å². The molecule has 1 amide bonds. The van der Waals surface area contributed by atoms with Gasteiger partial charge in [-0.25, -0.2) is 4.39 Å². The topological polar surface area (TPSA) is 58.6 Å². The number of hydrogen-bond acceptors (Lipinski definition) is 3. The number of hydrogen-bond donors (Lipinski definition) is 2. The molecule has 4 nitrogen and oxygen atoms in total. The van der Waals surface area contributed by atoms with E-state index in [0.29, 0.717) is 12.2 Å². The number of aliphatic hydroxyl groups excluding tert-OH is 1. The minimum atomic E-state index is -0.782. The Kier molecular flexibility index (Phi) is 7.65. The fourth-order valence-corrected chi connectivity index (χ4v) is 1.64. The summed E-state index contributed by atoms with van der Waals surface area (Å²) in [5.41, 5.74) is 0. The van der Waals surface area contributed by atoms with Gasteiger partial charge in [0, 0.05) is 13.0 Å². The van der Waals surface area contributed by atoms with Crippen molar-refractivity contribution in [2.24, 2.45) is 0 Å². The average Bonchev–Trinajstić information content (AvgIpc) is 2.45. The summed E-state index contributed by atoms with van der Waals surface area (Å²) in [7, 11) is 0. The lowest BCUT2D eigenvalue weighted by molar-refractivity contribution is -0.121. The van der Waals surface area contributed by atoms with Crippen LogP contribution < -0.4 is 10.1 Å². The number of halogens is 1. The minimum absolute atomic E-state index is 0.0562. The van der Waals surface area contributed by atoms with Crippen molar-refractivity contribution in [2.45, 2.75) is 38.7 Å². The Bertz CT molecular complexity index is 395. The number of amides is 1. The molecule has 1 aromatic carbocycles. The van der Waals surface area contributed by atoms with Crippen molar-refractivity contribution in [2.75, 3.05) is 13.2 Å². The molecule has 0 fully saturated rings. The van der Waals surface area contributed by atoms with E-state index in [2.05, 4.69) is 12.2 Å². The van der Waals surface area contributed by atoms with Gasteiger partial charge in [-0.05, 0) is 30.7 Å². The molecule has 0 aromatic heterocycles. The smallest absolute Gasteiger partial charge is 0.220 e. The van der Waals surface area contributed by atoms with E-state index in [0.717, 1.165) is 19.3 Å². The average molecular weight is 283 g/mol. The van der Waals surface area contributed by atoms with Crippen molar-refractivity contribution in [1.29, 1.82) is 0 Å². The summed E-state index contributed by atoms with van der Waals surface area (Å²) in [6.45, 7) is 2.29. The molecule has 0 unspecified atom stereocenters. The maximum atomic E-state index is 12.7. The molecule has 1 aromatic rings. The highest BCUT2D eigenvalue weighted by molar-refractivity contribution is 5.75. The van der Waals surface area contributed by atoms with Gasteiger partial charge < -0.3 is 15.2 Å². The van der Waals surface area contributed by atoms with Gasteiger partial charge in [0.15, 0.2) is 0 Å². The Morgan fingerprint density at radius 1 is 1.35 bits per heavy atom. The van der Waals surface area contributed by atoms with Crippen LogP contribution in [0.15, 0.2) is 24.3 Å². The maximum Gasteiger partial charge on any atom is 0.220 e. The van der Waals surface area contributed by atoms with Gasteiger partial charge >= 0.3 is 0 Å². The number of ether oxygens (including phenoxy) is 1. The second kappa shape index (κ2) is 9.31. The first-order valence-corrected chi connectivity index (χ1v) is 6.95. The third kappa shape index (κ3) is 7.09. The molecule has 0 bridgehead atoms. The van der Waals surface area contributed by atoms with Crippen LogP contribution in [-0.4, -0.2) is 30.3 Å². The fourth-order valence-electron chi connectivity index (χ4n) is 1.64. The number of carbonyl (C=O) groups excluding carboxylic acids is 1. The van der Waals surface area contributed by atoms with Crippen LogP contribution in [0, 0.1) is 5.82 Å². The summed E-state index contributed by atoms with van der Waals surface area (Å²) < 4.78 is 18.0. The van der Waals surface area contributed by atoms with Gasteiger partial charge in [0.25, 0.3) is 0 Å². The zero-order valence-electron chi connectivity index (χ0n) is 11.8. The van der Waals surface area contributed by atoms with Crippen LogP contribution >= 0.6 is 0 Å². The number of aliphatic hydroxyl groups is 1. The molecule has 0 spiro atoms. The van der Waals surface area contributed by atoms with Gasteiger partial charge in [-0.1, -0.05) is 19.8 Å². The van der Waals surface area contributed by atoms with Crippen molar-refractivity contribution >= 4 is 5.91 Å². The Morgan fingerprint density at radius 2 is 2.05 bits per heavy atom. The largest absolute Gasteiger partial charge is 0.491 e. The van der Waals surface area contributed by atoms with Crippen LogP contribution in [0.2, 0.25) is 0 Å². The predicted octanol–water partition coefficient (Wildman–Crippen LogP) is 2.26. The van der Waals surface area contributed by atoms with E-state index in [1.54, 1.807) is 0 Å². The summed E-state index contributed by atoms with van der Waals surface area (Å²) in [6, 6.07) is 5.56. The van der Waals surface area contributed by atoms with Crippen molar-refractivity contribution in [3.05, 3.63) is 30.1 Å². The first-order valence-electron chi connectivity index (χ1n) is 6.95. The molecule has 0 aliphatic heterocycles. The standard InChI is InChI=1S/C15H22FNO3/c1-2-3-4-5-15(19)17-10-13(18)11-20-14-8-6-12(16)7-9-14/h6-9,13,18H,2-5,10-11H2,1H3,(H,17,19)/t13-/m1/s1. The third-order valence-electron chi connectivity index (χ3n) is 2.80. The van der Waals surface area contributed by atoms with Crippen molar-refractivity contribution in [1.82, 2.24) is 5.32 Å². The van der Waals surface area contributed by atoms with Gasteiger partial charge in [-0.2, -0.15) is 0 Å². The molecule has 20 heavy (non-hydrogen) atoms. The second-order valence-electron chi connectivity index (χ2n) is 4.68. The first kappa shape index (κ1) is 16.4. The van der Waals surface area contributed by atoms with Crippen LogP contribution in [-0.2, 0) is 4.79 Å². The van der Waals surface area contributed by atoms with Gasteiger partial charge in [-0.15, -0.1) is 0 Å². The van der Waals surface area contributed by atoms with E-state index in [1.165, 1.54) is 24.3 Å². The van der Waals surface area contributed by atoms with Crippen LogP contribution in [0.1, 0.15) is 32.6 Å². The van der Waals surface area contributed by atoms with Crippen molar-refractivity contribution in [3.63, 3.8) is 0 Å². The zero-order chi connectivity index (χ0) is 14.8. The predicted molar refractivity (Wildman–Crippen MR) is 75.1 cm³/mol. The number of rotatable bonds is 9. The monoisotopic (exact) mass is 283 g/mol. The summed E-state index contributed by atoms with van der Waals surface area (Å²) >= 11 is 0. The van der Waals surface area contributed by atoms with E-state index < -0.39 is 6.10 Å². The number of benzene rings is 1. The highest BCUT2D eigenvalue weighted by atomic mass is 19.1. The zero-order valence-corrected chi connectivity index (χ0v) is 11.8. The molecular formula is C15H22FNO3. The molecule has 0 aliphatic rings. The normalized spacial score (nSPS) is 11.9. The molecule has 1 atom stereocenters. The third-order valence-corrected chi connectivity index (χ3v) is 2.80. The number of carbonyl (C=O) groups is 1. The van der Waals surface area contributed by atoms with E-state index in [4.69, 9.17) is 4.74 Å². The first-order chi connectivity index (χ1) is 9.61. The molecular weight excluding hydrogens is 261 g/mol. The minimum Gasteiger partial charge on any atom is -0.491 e. The Balaban J connectivity index is 2.15. The van der Waals surface area contributed by atoms with Gasteiger partial charge in [0.2, 0.25) is 5.91 Å². The van der Waals surface area contributed by atoms with Gasteiger partial charge in [0.05, 0.1) is 0 Å². The molecule has 0 saturated heterocycles. The number of unbranched alkanes of at least 4 members (excludes halogenated alkanes) is 2. The lowest BCUT2D eigenvalue weighted by Crippen LogP contribution is -2.35. The van der Waals surface area contributed by atoms with Crippen LogP contribution in [0.3, 0.4) is 0 Å². The SMILES string of the molecule is CCCCCC(=O)NC[C@@H](O)COc1ccc(F)cc1. The molecule has 0 radical (unpaired) electrons. The van der Waals surface area contributed by atoms with Crippen LogP contribution in [0.5, 0.6) is 5.75 Å². The highest BCUT2D eigenvalue weighted by Crippen LogP contribution is 2.11. The highest BCUT2D eigenvalue weighted by Gasteiger charge is 2.08. The number of nitrogens with one attached hydrogen (secondary N) is 1. The Labute approximate surface area is 119 Å². The summed E-state index contributed by atoms with van der Waals surface area (Å²) in [6.07, 6.45) is 2.67. The summed E-state index contributed by atoms with van der Waals surface area (Å²) in [4.78, 5) is 11.4. The lowest BCUT2D eigenvalue weighted by Gasteiger charge is -2.13. The molecule has 0 heterocycles. The molecule has 0 aliphatic carbocycles. The van der Waals surface area contributed by atoms with Crippen LogP contribution in [0.25, 0.3) is 0 Å². The fraction of sp³-hybridized carbons (Fsp3) is 0.533. The van der Waals surface area contributed by atoms with E-state index >= 15 is 0 Å². The lowest BCUT2D eigenvalue weighted by atomic mass is 10.2. The molecule has 112 valence electrons. The summed E-state index contributed by atoms with van der Waals surface area (Å²) in [5, 5.41) is 12.3. The second-order valence-corrected chi connectivity index (χ2v) is 4.68. The molecule has 5 heteroatoms. The van der Waals surface area contributed by atoms with Crippen molar-refractivity contribution in [3.8, 4) is 5.75 Å². The Morgan fingerprint density at radius 3 is 2.70 bits per heavy atom. The van der Waals surface area contributed by atoms with E-state index in [9.17, 15) is 14.3 Å². The van der Waals surface area contributed by atoms with E-state index in [1.807, 2.05) is 0 Å². The van der Waals surface area contributed by atoms with Gasteiger partial charge in [0.1, 0.15) is 24.3 Å². The molecule has 0 saturated carbocycles. The maximum absolute atomic E-state index is 12.7. The summed E-state index contributed by atoms with van der Waals surface area (Å²) in [5.74, 6) is 0.0937.